The number of rotatable bonds is 6. The van der Waals surface area contributed by atoms with Gasteiger partial charge in [-0.05, 0) is 37.7 Å². The highest BCUT2D eigenvalue weighted by Gasteiger charge is 2.15. The van der Waals surface area contributed by atoms with Crippen molar-refractivity contribution in [1.82, 2.24) is 24.8 Å². The normalized spacial score (nSPS) is 11.1. The molecule has 4 aromatic rings. The van der Waals surface area contributed by atoms with Crippen molar-refractivity contribution < 1.29 is 9.32 Å². The van der Waals surface area contributed by atoms with E-state index in [4.69, 9.17) is 4.52 Å². The van der Waals surface area contributed by atoms with Gasteiger partial charge in [-0.3, -0.25) is 9.20 Å². The highest BCUT2D eigenvalue weighted by molar-refractivity contribution is 6.04. The first-order valence-corrected chi connectivity index (χ1v) is 8.97. The number of carbonyl (C=O) groups excluding carboxylic acids is 1. The Kier molecular flexibility index (Phi) is 4.86. The SMILES string of the molecule is CNCCc1nc(-c2ccc(C)c(NC(=O)c3cnc4ccccn34)c2)no1. The summed E-state index contributed by atoms with van der Waals surface area (Å²) in [7, 11) is 1.87. The minimum atomic E-state index is -0.234. The molecule has 0 fully saturated rings. The summed E-state index contributed by atoms with van der Waals surface area (Å²) >= 11 is 0. The molecule has 0 unspecified atom stereocenters. The minimum absolute atomic E-state index is 0.234. The fraction of sp³-hybridized carbons (Fsp3) is 0.200. The number of hydrogen-bond donors (Lipinski definition) is 2. The average Bonchev–Trinajstić information content (AvgIpc) is 3.35. The summed E-state index contributed by atoms with van der Waals surface area (Å²) in [5, 5.41) is 10.0. The number of aromatic nitrogens is 4. The van der Waals surface area contributed by atoms with E-state index in [1.807, 2.05) is 56.6 Å². The molecule has 0 aliphatic heterocycles. The number of anilines is 1. The highest BCUT2D eigenvalue weighted by Crippen LogP contribution is 2.24. The third-order valence-corrected chi connectivity index (χ3v) is 4.45. The van der Waals surface area contributed by atoms with Crippen LogP contribution in [-0.2, 0) is 6.42 Å². The fourth-order valence-corrected chi connectivity index (χ4v) is 2.89. The van der Waals surface area contributed by atoms with Crippen molar-refractivity contribution in [2.75, 3.05) is 18.9 Å². The van der Waals surface area contributed by atoms with Crippen molar-refractivity contribution >= 4 is 17.2 Å². The monoisotopic (exact) mass is 376 g/mol. The van der Waals surface area contributed by atoms with Gasteiger partial charge in [0.25, 0.3) is 5.91 Å². The van der Waals surface area contributed by atoms with E-state index in [9.17, 15) is 4.79 Å². The molecule has 3 heterocycles. The van der Waals surface area contributed by atoms with Crippen LogP contribution in [-0.4, -0.2) is 39.0 Å². The second-order valence-electron chi connectivity index (χ2n) is 6.42. The number of hydrogen-bond acceptors (Lipinski definition) is 6. The van der Waals surface area contributed by atoms with Crippen LogP contribution in [0.1, 0.15) is 21.9 Å². The minimum Gasteiger partial charge on any atom is -0.339 e. The van der Waals surface area contributed by atoms with Crippen LogP contribution in [0.3, 0.4) is 0 Å². The van der Waals surface area contributed by atoms with E-state index in [0.717, 1.165) is 23.3 Å². The molecule has 1 amide bonds. The molecule has 0 radical (unpaired) electrons. The van der Waals surface area contributed by atoms with Crippen molar-refractivity contribution in [3.05, 3.63) is 65.9 Å². The Morgan fingerprint density at radius 2 is 2.14 bits per heavy atom. The third kappa shape index (κ3) is 3.49. The number of carbonyl (C=O) groups is 1. The second-order valence-corrected chi connectivity index (χ2v) is 6.42. The first-order valence-electron chi connectivity index (χ1n) is 8.97. The van der Waals surface area contributed by atoms with Gasteiger partial charge in [0.1, 0.15) is 11.3 Å². The smallest absolute Gasteiger partial charge is 0.274 e. The van der Waals surface area contributed by atoms with Gasteiger partial charge in [-0.15, -0.1) is 0 Å². The number of fused-ring (bicyclic) bond motifs is 1. The van der Waals surface area contributed by atoms with E-state index in [-0.39, 0.29) is 5.91 Å². The topological polar surface area (TPSA) is 97.3 Å². The Labute approximate surface area is 161 Å². The van der Waals surface area contributed by atoms with Gasteiger partial charge in [-0.2, -0.15) is 4.98 Å². The zero-order valence-corrected chi connectivity index (χ0v) is 15.6. The van der Waals surface area contributed by atoms with Crippen molar-refractivity contribution in [2.24, 2.45) is 0 Å². The van der Waals surface area contributed by atoms with Crippen LogP contribution in [0, 0.1) is 6.92 Å². The number of aryl methyl sites for hydroxylation is 1. The molecule has 0 spiro atoms. The number of imidazole rings is 1. The van der Waals surface area contributed by atoms with E-state index in [2.05, 4.69) is 25.8 Å². The van der Waals surface area contributed by atoms with Gasteiger partial charge < -0.3 is 15.2 Å². The van der Waals surface area contributed by atoms with E-state index in [1.54, 1.807) is 10.6 Å². The molecule has 2 N–H and O–H groups in total. The molecule has 0 bridgehead atoms. The number of nitrogens with zero attached hydrogens (tertiary/aromatic N) is 4. The summed E-state index contributed by atoms with van der Waals surface area (Å²) in [6.45, 7) is 2.69. The molecule has 0 aliphatic rings. The van der Waals surface area contributed by atoms with E-state index < -0.39 is 0 Å². The van der Waals surface area contributed by atoms with Crippen LogP contribution >= 0.6 is 0 Å². The van der Waals surface area contributed by atoms with E-state index in [0.29, 0.717) is 29.5 Å². The molecular weight excluding hydrogens is 356 g/mol. The lowest BCUT2D eigenvalue weighted by atomic mass is 10.1. The van der Waals surface area contributed by atoms with Gasteiger partial charge in [-0.25, -0.2) is 4.98 Å². The van der Waals surface area contributed by atoms with Crippen LogP contribution in [0.4, 0.5) is 5.69 Å². The standard InChI is InChI=1S/C20H20N6O2/c1-13-6-7-14(19-24-18(28-25-19)8-9-21-2)11-15(13)23-20(27)16-12-22-17-5-3-4-10-26(16)17/h3-7,10-12,21H,8-9H2,1-2H3,(H,23,27). The highest BCUT2D eigenvalue weighted by atomic mass is 16.5. The molecule has 0 saturated carbocycles. The Bertz CT molecular complexity index is 1130. The summed E-state index contributed by atoms with van der Waals surface area (Å²) in [6, 6.07) is 11.3. The molecule has 28 heavy (non-hydrogen) atoms. The van der Waals surface area contributed by atoms with Gasteiger partial charge in [0.15, 0.2) is 0 Å². The molecule has 0 aliphatic carbocycles. The summed E-state index contributed by atoms with van der Waals surface area (Å²) in [5.41, 5.74) is 3.59. The Morgan fingerprint density at radius 1 is 1.25 bits per heavy atom. The van der Waals surface area contributed by atoms with E-state index in [1.165, 1.54) is 0 Å². The van der Waals surface area contributed by atoms with Gasteiger partial charge in [0.05, 0.1) is 6.20 Å². The van der Waals surface area contributed by atoms with Crippen molar-refractivity contribution in [1.29, 1.82) is 0 Å². The maximum atomic E-state index is 12.8. The second kappa shape index (κ2) is 7.61. The van der Waals surface area contributed by atoms with Crippen LogP contribution in [0.5, 0.6) is 0 Å². The molecule has 8 heteroatoms. The van der Waals surface area contributed by atoms with Crippen LogP contribution in [0.2, 0.25) is 0 Å². The maximum absolute atomic E-state index is 12.8. The molecule has 0 saturated heterocycles. The summed E-state index contributed by atoms with van der Waals surface area (Å²) in [6.07, 6.45) is 4.04. The van der Waals surface area contributed by atoms with Gasteiger partial charge >= 0.3 is 0 Å². The zero-order valence-electron chi connectivity index (χ0n) is 15.6. The zero-order chi connectivity index (χ0) is 19.5. The summed E-state index contributed by atoms with van der Waals surface area (Å²) in [5.74, 6) is 0.833. The van der Waals surface area contributed by atoms with Crippen LogP contribution in [0.15, 0.2) is 53.3 Å². The first-order chi connectivity index (χ1) is 13.7. The fourth-order valence-electron chi connectivity index (χ4n) is 2.89. The number of pyridine rings is 1. The molecule has 3 aromatic heterocycles. The van der Waals surface area contributed by atoms with Crippen molar-refractivity contribution in [3.8, 4) is 11.4 Å². The van der Waals surface area contributed by atoms with Crippen molar-refractivity contribution in [2.45, 2.75) is 13.3 Å². The Balaban J connectivity index is 1.59. The number of benzene rings is 1. The average molecular weight is 376 g/mol. The molecule has 1 aromatic carbocycles. The van der Waals surface area contributed by atoms with Gasteiger partial charge in [0, 0.05) is 30.4 Å². The molecule has 0 atom stereocenters. The van der Waals surface area contributed by atoms with Crippen LogP contribution < -0.4 is 10.6 Å². The molecule has 142 valence electrons. The number of amides is 1. The maximum Gasteiger partial charge on any atom is 0.274 e. The summed E-state index contributed by atoms with van der Waals surface area (Å²) in [4.78, 5) is 21.5. The molecule has 8 nitrogen and oxygen atoms in total. The van der Waals surface area contributed by atoms with Crippen LogP contribution in [0.25, 0.3) is 17.0 Å². The predicted molar refractivity (Wildman–Crippen MR) is 105 cm³/mol. The quantitative estimate of drug-likeness (QED) is 0.537. The largest absolute Gasteiger partial charge is 0.339 e. The van der Waals surface area contributed by atoms with Gasteiger partial charge in [0.2, 0.25) is 11.7 Å². The molecule has 4 rings (SSSR count). The number of nitrogens with one attached hydrogen (secondary N) is 2. The van der Waals surface area contributed by atoms with E-state index >= 15 is 0 Å². The Morgan fingerprint density at radius 3 is 3.00 bits per heavy atom. The molecular formula is C20H20N6O2. The Hall–Kier alpha value is -3.52. The lowest BCUT2D eigenvalue weighted by Crippen LogP contribution is -2.15. The van der Waals surface area contributed by atoms with Crippen molar-refractivity contribution in [3.63, 3.8) is 0 Å². The third-order valence-electron chi connectivity index (χ3n) is 4.45. The summed E-state index contributed by atoms with van der Waals surface area (Å²) < 4.78 is 7.03. The van der Waals surface area contributed by atoms with Gasteiger partial charge in [-0.1, -0.05) is 23.4 Å². The predicted octanol–water partition coefficient (Wildman–Crippen LogP) is 2.71. The first kappa shape index (κ1) is 17.9. The lowest BCUT2D eigenvalue weighted by Gasteiger charge is -2.09. The number of likely N-dealkylation sites (N-methyl/N-ethyl adjacent to an activating group) is 1. The lowest BCUT2D eigenvalue weighted by molar-refractivity contribution is 0.102.